The Hall–Kier alpha value is -1.02. The van der Waals surface area contributed by atoms with Gasteiger partial charge in [-0.05, 0) is 50.8 Å². The number of rotatable bonds is 4. The third kappa shape index (κ3) is 3.22. The smallest absolute Gasteiger partial charge is 0.0374 e. The van der Waals surface area contributed by atoms with E-state index in [1.165, 1.54) is 36.9 Å². The molecule has 94 valence electrons. The zero-order valence-electron chi connectivity index (χ0n) is 11.0. The minimum Gasteiger partial charge on any atom is -0.382 e. The van der Waals surface area contributed by atoms with Crippen LogP contribution in [0, 0.1) is 0 Å². The summed E-state index contributed by atoms with van der Waals surface area (Å²) in [5, 5.41) is 7.10. The van der Waals surface area contributed by atoms with Gasteiger partial charge in [0, 0.05) is 17.8 Å². The summed E-state index contributed by atoms with van der Waals surface area (Å²) in [6.45, 7) is 2.22. The van der Waals surface area contributed by atoms with Crippen LogP contribution in [0.25, 0.3) is 0 Å². The molecule has 0 saturated heterocycles. The van der Waals surface area contributed by atoms with Crippen LogP contribution in [0.5, 0.6) is 0 Å². The SMILES string of the molecule is CCc1ccccc1NC1CCC(NC)CC1. The number of benzene rings is 1. The minimum atomic E-state index is 0.660. The van der Waals surface area contributed by atoms with Crippen LogP contribution in [0.1, 0.15) is 38.2 Å². The van der Waals surface area contributed by atoms with Crippen LogP contribution in [0.3, 0.4) is 0 Å². The number of nitrogens with one attached hydrogen (secondary N) is 2. The fourth-order valence-corrected chi connectivity index (χ4v) is 2.72. The van der Waals surface area contributed by atoms with Crippen molar-refractivity contribution < 1.29 is 0 Å². The Bertz CT molecular complexity index is 341. The number of para-hydroxylation sites is 1. The van der Waals surface area contributed by atoms with E-state index in [2.05, 4.69) is 48.9 Å². The second-order valence-electron chi connectivity index (χ2n) is 4.99. The van der Waals surface area contributed by atoms with Crippen LogP contribution in [0.4, 0.5) is 5.69 Å². The predicted molar refractivity (Wildman–Crippen MR) is 74.5 cm³/mol. The van der Waals surface area contributed by atoms with Gasteiger partial charge >= 0.3 is 0 Å². The van der Waals surface area contributed by atoms with E-state index in [4.69, 9.17) is 0 Å². The normalized spacial score (nSPS) is 24.6. The fourth-order valence-electron chi connectivity index (χ4n) is 2.72. The first-order valence-electron chi connectivity index (χ1n) is 6.85. The van der Waals surface area contributed by atoms with Crippen molar-refractivity contribution >= 4 is 5.69 Å². The molecule has 0 radical (unpaired) electrons. The Morgan fingerprint density at radius 2 is 1.71 bits per heavy atom. The second kappa shape index (κ2) is 6.06. The second-order valence-corrected chi connectivity index (χ2v) is 4.99. The van der Waals surface area contributed by atoms with Crippen LogP contribution in [-0.2, 0) is 6.42 Å². The molecular weight excluding hydrogens is 208 g/mol. The molecule has 1 aromatic carbocycles. The maximum absolute atomic E-state index is 3.72. The van der Waals surface area contributed by atoms with Gasteiger partial charge in [0.25, 0.3) is 0 Å². The van der Waals surface area contributed by atoms with E-state index in [1.54, 1.807) is 0 Å². The van der Waals surface area contributed by atoms with Gasteiger partial charge in [0.05, 0.1) is 0 Å². The van der Waals surface area contributed by atoms with E-state index >= 15 is 0 Å². The summed E-state index contributed by atoms with van der Waals surface area (Å²) in [6, 6.07) is 10.1. The summed E-state index contributed by atoms with van der Waals surface area (Å²) >= 11 is 0. The van der Waals surface area contributed by atoms with Gasteiger partial charge in [0.2, 0.25) is 0 Å². The maximum atomic E-state index is 3.72. The molecule has 0 aromatic heterocycles. The van der Waals surface area contributed by atoms with E-state index in [9.17, 15) is 0 Å². The highest BCUT2D eigenvalue weighted by Crippen LogP contribution is 2.24. The third-order valence-corrected chi connectivity index (χ3v) is 3.89. The first-order chi connectivity index (χ1) is 8.33. The van der Waals surface area contributed by atoms with Gasteiger partial charge in [-0.15, -0.1) is 0 Å². The molecule has 0 heterocycles. The van der Waals surface area contributed by atoms with Crippen molar-refractivity contribution in [3.8, 4) is 0 Å². The summed E-state index contributed by atoms with van der Waals surface area (Å²) in [5.41, 5.74) is 2.77. The molecule has 1 aromatic rings. The van der Waals surface area contributed by atoms with Crippen LogP contribution >= 0.6 is 0 Å². The van der Waals surface area contributed by atoms with Gasteiger partial charge in [-0.1, -0.05) is 25.1 Å². The average Bonchev–Trinajstić information content (AvgIpc) is 2.40. The highest BCUT2D eigenvalue weighted by atomic mass is 14.9. The molecule has 0 spiro atoms. The number of hydrogen-bond acceptors (Lipinski definition) is 2. The molecule has 1 saturated carbocycles. The zero-order chi connectivity index (χ0) is 12.1. The van der Waals surface area contributed by atoms with Gasteiger partial charge in [0.1, 0.15) is 0 Å². The molecule has 0 atom stereocenters. The molecular formula is C15H24N2. The predicted octanol–water partition coefficient (Wildman–Crippen LogP) is 3.19. The third-order valence-electron chi connectivity index (χ3n) is 3.89. The number of aryl methyl sites for hydroxylation is 1. The monoisotopic (exact) mass is 232 g/mol. The molecule has 0 amide bonds. The van der Waals surface area contributed by atoms with Crippen LogP contribution in [-0.4, -0.2) is 19.1 Å². The summed E-state index contributed by atoms with van der Waals surface area (Å²) in [7, 11) is 2.07. The fraction of sp³-hybridized carbons (Fsp3) is 0.600. The van der Waals surface area contributed by atoms with Crippen molar-refractivity contribution in [2.45, 2.75) is 51.1 Å². The molecule has 2 nitrogen and oxygen atoms in total. The van der Waals surface area contributed by atoms with Gasteiger partial charge in [-0.3, -0.25) is 0 Å². The molecule has 1 aliphatic carbocycles. The summed E-state index contributed by atoms with van der Waals surface area (Å²) in [4.78, 5) is 0. The van der Waals surface area contributed by atoms with Gasteiger partial charge in [0.15, 0.2) is 0 Å². The Morgan fingerprint density at radius 1 is 1.06 bits per heavy atom. The number of hydrogen-bond donors (Lipinski definition) is 2. The van der Waals surface area contributed by atoms with Crippen LogP contribution < -0.4 is 10.6 Å². The Kier molecular flexibility index (Phi) is 4.43. The van der Waals surface area contributed by atoms with Crippen molar-refractivity contribution in [2.24, 2.45) is 0 Å². The van der Waals surface area contributed by atoms with E-state index < -0.39 is 0 Å². The average molecular weight is 232 g/mol. The molecule has 0 aliphatic heterocycles. The van der Waals surface area contributed by atoms with Crippen molar-refractivity contribution in [1.29, 1.82) is 0 Å². The van der Waals surface area contributed by atoms with E-state index in [1.807, 2.05) is 0 Å². The minimum absolute atomic E-state index is 0.660. The lowest BCUT2D eigenvalue weighted by Crippen LogP contribution is -2.35. The lowest BCUT2D eigenvalue weighted by atomic mass is 9.91. The van der Waals surface area contributed by atoms with Gasteiger partial charge < -0.3 is 10.6 Å². The summed E-state index contributed by atoms with van der Waals surface area (Å²) in [6.07, 6.45) is 6.26. The molecule has 0 unspecified atom stereocenters. The van der Waals surface area contributed by atoms with E-state index in [0.717, 1.165) is 12.5 Å². The molecule has 0 bridgehead atoms. The lowest BCUT2D eigenvalue weighted by Gasteiger charge is -2.30. The van der Waals surface area contributed by atoms with E-state index in [-0.39, 0.29) is 0 Å². The molecule has 2 rings (SSSR count). The maximum Gasteiger partial charge on any atom is 0.0374 e. The molecule has 1 fully saturated rings. The molecule has 1 aliphatic rings. The zero-order valence-corrected chi connectivity index (χ0v) is 11.0. The van der Waals surface area contributed by atoms with E-state index in [0.29, 0.717) is 6.04 Å². The summed E-state index contributed by atoms with van der Waals surface area (Å²) < 4.78 is 0. The lowest BCUT2D eigenvalue weighted by molar-refractivity contribution is 0.371. The first kappa shape index (κ1) is 12.4. The van der Waals surface area contributed by atoms with Crippen molar-refractivity contribution in [1.82, 2.24) is 5.32 Å². The Labute approximate surface area is 105 Å². The standard InChI is InChI=1S/C15H24N2/c1-3-12-6-4-5-7-15(12)17-14-10-8-13(16-2)9-11-14/h4-7,13-14,16-17H,3,8-11H2,1-2H3. The Balaban J connectivity index is 1.93. The topological polar surface area (TPSA) is 24.1 Å². The van der Waals surface area contributed by atoms with Crippen molar-refractivity contribution in [3.05, 3.63) is 29.8 Å². The molecule has 2 N–H and O–H groups in total. The van der Waals surface area contributed by atoms with Crippen LogP contribution in [0.2, 0.25) is 0 Å². The van der Waals surface area contributed by atoms with Crippen molar-refractivity contribution in [2.75, 3.05) is 12.4 Å². The quantitative estimate of drug-likeness (QED) is 0.833. The largest absolute Gasteiger partial charge is 0.382 e. The van der Waals surface area contributed by atoms with Crippen molar-refractivity contribution in [3.63, 3.8) is 0 Å². The highest BCUT2D eigenvalue weighted by Gasteiger charge is 2.19. The Morgan fingerprint density at radius 3 is 2.35 bits per heavy atom. The summed E-state index contributed by atoms with van der Waals surface area (Å²) in [5.74, 6) is 0. The van der Waals surface area contributed by atoms with Crippen LogP contribution in [0.15, 0.2) is 24.3 Å². The van der Waals surface area contributed by atoms with Gasteiger partial charge in [-0.25, -0.2) is 0 Å². The molecule has 2 heteroatoms. The first-order valence-corrected chi connectivity index (χ1v) is 6.85. The molecule has 17 heavy (non-hydrogen) atoms. The number of anilines is 1. The van der Waals surface area contributed by atoms with Gasteiger partial charge in [-0.2, -0.15) is 0 Å². The highest BCUT2D eigenvalue weighted by molar-refractivity contribution is 5.51.